The van der Waals surface area contributed by atoms with Crippen LogP contribution in [0.5, 0.6) is 0 Å². The molecule has 0 saturated carbocycles. The molecule has 4 N–H and O–H groups in total. The van der Waals surface area contributed by atoms with Gasteiger partial charge < -0.3 is 25.7 Å². The highest BCUT2D eigenvalue weighted by atomic mass is 16.9. The first-order valence-electron chi connectivity index (χ1n) is 11.1. The molecule has 1 atom stereocenters. The van der Waals surface area contributed by atoms with E-state index in [1.54, 1.807) is 21.3 Å². The van der Waals surface area contributed by atoms with Gasteiger partial charge in [-0.1, -0.05) is 82.7 Å². The predicted octanol–water partition coefficient (Wildman–Crippen LogP) is 4.87. The van der Waals surface area contributed by atoms with Crippen LogP contribution in [0.15, 0.2) is 30.3 Å². The van der Waals surface area contributed by atoms with Crippen LogP contribution in [0.1, 0.15) is 70.8 Å². The summed E-state index contributed by atoms with van der Waals surface area (Å²) in [6, 6.07) is 10.6. The van der Waals surface area contributed by atoms with Crippen LogP contribution in [0.2, 0.25) is 0 Å². The van der Waals surface area contributed by atoms with Crippen LogP contribution in [0, 0.1) is 5.41 Å². The van der Waals surface area contributed by atoms with Gasteiger partial charge >= 0.3 is 0 Å². The number of nitrogens with two attached hydrogens (primary N) is 2. The van der Waals surface area contributed by atoms with E-state index in [9.17, 15) is 0 Å². The molecule has 0 aromatic heterocycles. The third kappa shape index (κ3) is 10.1. The Kier molecular flexibility index (Phi) is 16.2. The second-order valence-corrected chi connectivity index (χ2v) is 7.81. The van der Waals surface area contributed by atoms with E-state index >= 15 is 0 Å². The number of rotatable bonds is 15. The normalized spacial score (nSPS) is 13.5. The van der Waals surface area contributed by atoms with Crippen molar-refractivity contribution in [3.63, 3.8) is 0 Å². The van der Waals surface area contributed by atoms with Gasteiger partial charge in [-0.05, 0) is 24.8 Å². The molecule has 1 rings (SSSR count). The zero-order chi connectivity index (χ0) is 22.0. The molecule has 0 fully saturated rings. The van der Waals surface area contributed by atoms with Crippen molar-refractivity contribution in [3.8, 4) is 0 Å². The van der Waals surface area contributed by atoms with Gasteiger partial charge in [0.05, 0.1) is 0 Å². The van der Waals surface area contributed by atoms with Crippen molar-refractivity contribution in [3.05, 3.63) is 35.9 Å². The lowest BCUT2D eigenvalue weighted by atomic mass is 9.76. The number of hydrogen-bond acceptors (Lipinski definition) is 5. The van der Waals surface area contributed by atoms with Gasteiger partial charge in [-0.25, -0.2) is 0 Å². The Morgan fingerprint density at radius 2 is 1.28 bits per heavy atom. The van der Waals surface area contributed by atoms with Crippen LogP contribution in [-0.4, -0.2) is 40.4 Å². The maximum Gasteiger partial charge on any atom is 0.287 e. The summed E-state index contributed by atoms with van der Waals surface area (Å²) in [4.78, 5) is 0. The number of benzene rings is 1. The molecule has 0 amide bonds. The van der Waals surface area contributed by atoms with Crippen LogP contribution in [0.4, 0.5) is 0 Å². The molecule has 29 heavy (non-hydrogen) atoms. The summed E-state index contributed by atoms with van der Waals surface area (Å²) < 4.78 is 17.2. The maximum absolute atomic E-state index is 5.74. The molecule has 0 aliphatic heterocycles. The number of aryl methyl sites for hydroxylation is 1. The van der Waals surface area contributed by atoms with Crippen molar-refractivity contribution < 1.29 is 14.2 Å². The second-order valence-electron chi connectivity index (χ2n) is 7.81. The Morgan fingerprint density at radius 1 is 0.759 bits per heavy atom. The van der Waals surface area contributed by atoms with Gasteiger partial charge in [0.25, 0.3) is 5.97 Å². The molecule has 0 spiro atoms. The van der Waals surface area contributed by atoms with Crippen molar-refractivity contribution in [2.24, 2.45) is 16.9 Å². The van der Waals surface area contributed by atoms with Crippen LogP contribution in [0.25, 0.3) is 0 Å². The molecular formula is C24H46N2O3. The Balaban J connectivity index is 0.00000178. The lowest BCUT2D eigenvalue weighted by Crippen LogP contribution is -2.51. The Morgan fingerprint density at radius 3 is 1.76 bits per heavy atom. The molecule has 1 aromatic carbocycles. The van der Waals surface area contributed by atoms with Crippen molar-refractivity contribution in [1.29, 1.82) is 0 Å². The summed E-state index contributed by atoms with van der Waals surface area (Å²) in [7, 11) is 5.03. The highest BCUT2D eigenvalue weighted by Crippen LogP contribution is 2.44. The van der Waals surface area contributed by atoms with Gasteiger partial charge in [0, 0.05) is 39.8 Å². The second kappa shape index (κ2) is 16.8. The molecule has 5 heteroatoms. The number of hydrogen-bond donors (Lipinski definition) is 2. The molecule has 0 bridgehead atoms. The standard InChI is InChI=1S/C22H38O3.C2H8N2/c1-6-7-8-9-10-14-18-21(2,22(23-3,24-4)25-5)19-17-20-15-12-11-13-16-20;3-1-2-4/h11-13,15-16H,6-10,14,17-19H2,1-5H3;1-4H2. The molecular weight excluding hydrogens is 364 g/mol. The van der Waals surface area contributed by atoms with Gasteiger partial charge in [-0.3, -0.25) is 0 Å². The van der Waals surface area contributed by atoms with Gasteiger partial charge in [0.2, 0.25) is 0 Å². The van der Waals surface area contributed by atoms with E-state index in [0.717, 1.165) is 19.3 Å². The molecule has 1 unspecified atom stereocenters. The minimum absolute atomic E-state index is 0.203. The summed E-state index contributed by atoms with van der Waals surface area (Å²) in [5.41, 5.74) is 10.9. The molecule has 0 saturated heterocycles. The van der Waals surface area contributed by atoms with E-state index in [4.69, 9.17) is 25.7 Å². The molecule has 170 valence electrons. The fraction of sp³-hybridized carbons (Fsp3) is 0.750. The monoisotopic (exact) mass is 410 g/mol. The highest BCUT2D eigenvalue weighted by molar-refractivity contribution is 5.15. The first-order chi connectivity index (χ1) is 14.0. The summed E-state index contributed by atoms with van der Waals surface area (Å²) in [6.07, 6.45) is 10.7. The molecule has 1 aromatic rings. The minimum Gasteiger partial charge on any atom is -0.330 e. The van der Waals surface area contributed by atoms with Crippen LogP contribution in [-0.2, 0) is 20.6 Å². The topological polar surface area (TPSA) is 79.7 Å². The maximum atomic E-state index is 5.74. The van der Waals surface area contributed by atoms with Gasteiger partial charge in [-0.15, -0.1) is 0 Å². The zero-order valence-corrected chi connectivity index (χ0v) is 19.5. The SMILES string of the molecule is CCCCCCCCC(C)(CCc1ccccc1)C(OC)(OC)OC.NCCN. The van der Waals surface area contributed by atoms with E-state index in [0.29, 0.717) is 13.1 Å². The van der Waals surface area contributed by atoms with E-state index < -0.39 is 5.97 Å². The van der Waals surface area contributed by atoms with Crippen LogP contribution >= 0.6 is 0 Å². The Bertz CT molecular complexity index is 470. The molecule has 0 aliphatic carbocycles. The lowest BCUT2D eigenvalue weighted by molar-refractivity contribution is -0.406. The molecule has 0 heterocycles. The highest BCUT2D eigenvalue weighted by Gasteiger charge is 2.49. The molecule has 0 aliphatic rings. The quantitative estimate of drug-likeness (QED) is 0.318. The predicted molar refractivity (Wildman–Crippen MR) is 123 cm³/mol. The van der Waals surface area contributed by atoms with Gasteiger partial charge in [-0.2, -0.15) is 0 Å². The summed E-state index contributed by atoms with van der Waals surface area (Å²) in [6.45, 7) is 5.68. The minimum atomic E-state index is -0.995. The average Bonchev–Trinajstić information content (AvgIpc) is 2.77. The van der Waals surface area contributed by atoms with Crippen molar-refractivity contribution >= 4 is 0 Å². The third-order valence-electron chi connectivity index (χ3n) is 5.60. The largest absolute Gasteiger partial charge is 0.330 e. The zero-order valence-electron chi connectivity index (χ0n) is 19.5. The number of unbranched alkanes of at least 4 members (excludes halogenated alkanes) is 5. The van der Waals surface area contributed by atoms with Crippen LogP contribution < -0.4 is 11.5 Å². The van der Waals surface area contributed by atoms with Crippen molar-refractivity contribution in [2.45, 2.75) is 77.6 Å². The smallest absolute Gasteiger partial charge is 0.287 e. The van der Waals surface area contributed by atoms with E-state index in [-0.39, 0.29) is 5.41 Å². The fourth-order valence-electron chi connectivity index (χ4n) is 3.78. The summed E-state index contributed by atoms with van der Waals surface area (Å²) in [5, 5.41) is 0. The fourth-order valence-corrected chi connectivity index (χ4v) is 3.78. The van der Waals surface area contributed by atoms with E-state index in [1.165, 1.54) is 44.1 Å². The van der Waals surface area contributed by atoms with Crippen LogP contribution in [0.3, 0.4) is 0 Å². The molecule has 0 radical (unpaired) electrons. The van der Waals surface area contributed by atoms with E-state index in [2.05, 4.69) is 44.2 Å². The number of ether oxygens (including phenoxy) is 3. The van der Waals surface area contributed by atoms with Gasteiger partial charge in [0.1, 0.15) is 0 Å². The first-order valence-corrected chi connectivity index (χ1v) is 11.1. The Labute approximate surface area is 179 Å². The van der Waals surface area contributed by atoms with Gasteiger partial charge in [0.15, 0.2) is 0 Å². The first kappa shape index (κ1) is 28.0. The summed E-state index contributed by atoms with van der Waals surface area (Å²) >= 11 is 0. The van der Waals surface area contributed by atoms with Crippen molar-refractivity contribution in [2.75, 3.05) is 34.4 Å². The lowest BCUT2D eigenvalue weighted by Gasteiger charge is -2.45. The average molecular weight is 411 g/mol. The summed E-state index contributed by atoms with van der Waals surface area (Å²) in [5.74, 6) is -0.995. The van der Waals surface area contributed by atoms with Crippen molar-refractivity contribution in [1.82, 2.24) is 0 Å². The third-order valence-corrected chi connectivity index (χ3v) is 5.60. The van der Waals surface area contributed by atoms with E-state index in [1.807, 2.05) is 0 Å². The molecule has 5 nitrogen and oxygen atoms in total. The Hall–Kier alpha value is -0.980. The number of methoxy groups -OCH3 is 3.